The van der Waals surface area contributed by atoms with Gasteiger partial charge in [0.1, 0.15) is 0 Å². The lowest BCUT2D eigenvalue weighted by Gasteiger charge is -2.07. The van der Waals surface area contributed by atoms with Gasteiger partial charge in [-0.2, -0.15) is 0 Å². The van der Waals surface area contributed by atoms with Crippen LogP contribution in [0.2, 0.25) is 0 Å². The van der Waals surface area contributed by atoms with Crippen molar-refractivity contribution >= 4 is 17.6 Å². The summed E-state index contributed by atoms with van der Waals surface area (Å²) in [6.45, 7) is 2.09. The van der Waals surface area contributed by atoms with E-state index in [-0.39, 0.29) is 18.3 Å². The van der Waals surface area contributed by atoms with Crippen molar-refractivity contribution in [1.82, 2.24) is 0 Å². The second-order valence-electron chi connectivity index (χ2n) is 3.64. The summed E-state index contributed by atoms with van der Waals surface area (Å²) in [6.07, 6.45) is 0.108. The monoisotopic (exact) mass is 219 g/mol. The third-order valence-electron chi connectivity index (χ3n) is 2.59. The van der Waals surface area contributed by atoms with E-state index in [2.05, 4.69) is 5.32 Å². The number of anilines is 1. The summed E-state index contributed by atoms with van der Waals surface area (Å²) < 4.78 is 4.85. The van der Waals surface area contributed by atoms with E-state index in [1.54, 1.807) is 6.92 Å². The van der Waals surface area contributed by atoms with E-state index in [9.17, 15) is 9.59 Å². The minimum Gasteiger partial charge on any atom is -0.466 e. The van der Waals surface area contributed by atoms with E-state index < -0.39 is 5.92 Å². The number of hydrogen-bond donors (Lipinski definition) is 1. The molecule has 0 fully saturated rings. The maximum atomic E-state index is 11.7. The molecule has 4 heteroatoms. The van der Waals surface area contributed by atoms with E-state index in [0.29, 0.717) is 6.61 Å². The van der Waals surface area contributed by atoms with E-state index in [1.807, 2.05) is 24.3 Å². The van der Waals surface area contributed by atoms with Gasteiger partial charge in [0, 0.05) is 5.69 Å². The van der Waals surface area contributed by atoms with E-state index >= 15 is 0 Å². The Kier molecular flexibility index (Phi) is 2.90. The van der Waals surface area contributed by atoms with Gasteiger partial charge in [0.05, 0.1) is 18.9 Å². The number of rotatable bonds is 3. The Bertz CT molecular complexity index is 428. The van der Waals surface area contributed by atoms with Gasteiger partial charge in [-0.1, -0.05) is 18.2 Å². The van der Waals surface area contributed by atoms with Crippen LogP contribution in [0.1, 0.15) is 24.8 Å². The van der Waals surface area contributed by atoms with Crippen molar-refractivity contribution in [2.24, 2.45) is 0 Å². The summed E-state index contributed by atoms with van der Waals surface area (Å²) in [5, 5.41) is 2.75. The molecule has 2 rings (SSSR count). The number of carbonyl (C=O) groups excluding carboxylic acids is 2. The largest absolute Gasteiger partial charge is 0.466 e. The van der Waals surface area contributed by atoms with E-state index in [1.165, 1.54) is 0 Å². The average Bonchev–Trinajstić information content (AvgIpc) is 2.56. The summed E-state index contributed by atoms with van der Waals surface area (Å²) in [7, 11) is 0. The molecule has 0 saturated carbocycles. The maximum absolute atomic E-state index is 11.7. The number of ether oxygens (including phenoxy) is 1. The lowest BCUT2D eigenvalue weighted by atomic mass is 9.97. The molecule has 0 spiro atoms. The van der Waals surface area contributed by atoms with Gasteiger partial charge in [-0.3, -0.25) is 9.59 Å². The molecule has 0 saturated heterocycles. The molecule has 1 atom stereocenters. The lowest BCUT2D eigenvalue weighted by Crippen LogP contribution is -2.17. The van der Waals surface area contributed by atoms with Gasteiger partial charge in [0.25, 0.3) is 0 Å². The predicted molar refractivity (Wildman–Crippen MR) is 59.1 cm³/mol. The molecule has 1 aliphatic heterocycles. The normalized spacial score (nSPS) is 17.8. The minimum absolute atomic E-state index is 0.108. The molecule has 0 unspecified atom stereocenters. The number of nitrogens with one attached hydrogen (secondary N) is 1. The summed E-state index contributed by atoms with van der Waals surface area (Å²) in [5.74, 6) is -0.871. The summed E-state index contributed by atoms with van der Waals surface area (Å²) in [6, 6.07) is 7.40. The molecule has 1 N–H and O–H groups in total. The van der Waals surface area contributed by atoms with Crippen LogP contribution in [0.5, 0.6) is 0 Å². The molecule has 4 nitrogen and oxygen atoms in total. The third-order valence-corrected chi connectivity index (χ3v) is 2.59. The van der Waals surface area contributed by atoms with Crippen LogP contribution in [0.4, 0.5) is 5.69 Å². The Hall–Kier alpha value is -1.84. The maximum Gasteiger partial charge on any atom is 0.306 e. The highest BCUT2D eigenvalue weighted by Crippen LogP contribution is 2.34. The fourth-order valence-electron chi connectivity index (χ4n) is 1.87. The van der Waals surface area contributed by atoms with Crippen molar-refractivity contribution in [1.29, 1.82) is 0 Å². The Labute approximate surface area is 93.6 Å². The van der Waals surface area contributed by atoms with Gasteiger partial charge in [-0.15, -0.1) is 0 Å². The first kappa shape index (κ1) is 10.7. The molecule has 1 aliphatic rings. The Morgan fingerprint density at radius 2 is 2.19 bits per heavy atom. The van der Waals surface area contributed by atoms with Crippen molar-refractivity contribution in [3.8, 4) is 0 Å². The fourth-order valence-corrected chi connectivity index (χ4v) is 1.87. The number of amides is 1. The SMILES string of the molecule is CCOC(=O)C[C@@H]1C(=O)Nc2ccccc21. The van der Waals surface area contributed by atoms with Crippen LogP contribution in [0, 0.1) is 0 Å². The smallest absolute Gasteiger partial charge is 0.306 e. The summed E-state index contributed by atoms with van der Waals surface area (Å²) >= 11 is 0. The van der Waals surface area contributed by atoms with Crippen LogP contribution in [0.25, 0.3) is 0 Å². The van der Waals surface area contributed by atoms with Gasteiger partial charge in [0.15, 0.2) is 0 Å². The number of esters is 1. The second kappa shape index (κ2) is 4.35. The number of benzene rings is 1. The minimum atomic E-state index is -0.407. The Balaban J connectivity index is 2.16. The van der Waals surface area contributed by atoms with Gasteiger partial charge in [-0.25, -0.2) is 0 Å². The van der Waals surface area contributed by atoms with Crippen LogP contribution in [0.15, 0.2) is 24.3 Å². The van der Waals surface area contributed by atoms with Crippen molar-refractivity contribution in [3.63, 3.8) is 0 Å². The molecule has 1 aromatic rings. The Morgan fingerprint density at radius 1 is 1.44 bits per heavy atom. The highest BCUT2D eigenvalue weighted by Gasteiger charge is 2.32. The summed E-state index contributed by atoms with van der Waals surface area (Å²) in [5.41, 5.74) is 1.67. The van der Waals surface area contributed by atoms with E-state index in [0.717, 1.165) is 11.3 Å². The first-order valence-corrected chi connectivity index (χ1v) is 5.27. The van der Waals surface area contributed by atoms with Gasteiger partial charge in [0.2, 0.25) is 5.91 Å². The van der Waals surface area contributed by atoms with Crippen LogP contribution in [-0.2, 0) is 14.3 Å². The third kappa shape index (κ3) is 1.91. The highest BCUT2D eigenvalue weighted by molar-refractivity contribution is 6.04. The molecular weight excluding hydrogens is 206 g/mol. The van der Waals surface area contributed by atoms with Gasteiger partial charge in [-0.05, 0) is 18.6 Å². The number of carbonyl (C=O) groups is 2. The number of para-hydroxylation sites is 1. The second-order valence-corrected chi connectivity index (χ2v) is 3.64. The van der Waals surface area contributed by atoms with Crippen LogP contribution >= 0.6 is 0 Å². The molecule has 16 heavy (non-hydrogen) atoms. The fraction of sp³-hybridized carbons (Fsp3) is 0.333. The zero-order valence-corrected chi connectivity index (χ0v) is 9.03. The van der Waals surface area contributed by atoms with Crippen molar-refractivity contribution in [3.05, 3.63) is 29.8 Å². The van der Waals surface area contributed by atoms with Crippen LogP contribution in [0.3, 0.4) is 0 Å². The number of fused-ring (bicyclic) bond motifs is 1. The van der Waals surface area contributed by atoms with Crippen LogP contribution < -0.4 is 5.32 Å². The van der Waals surface area contributed by atoms with E-state index in [4.69, 9.17) is 4.74 Å². The van der Waals surface area contributed by atoms with Crippen molar-refractivity contribution < 1.29 is 14.3 Å². The first-order chi connectivity index (χ1) is 7.72. The molecule has 0 aromatic heterocycles. The molecular formula is C12H13NO3. The molecule has 0 radical (unpaired) electrons. The topological polar surface area (TPSA) is 55.4 Å². The Morgan fingerprint density at radius 3 is 2.94 bits per heavy atom. The molecule has 1 aromatic carbocycles. The van der Waals surface area contributed by atoms with Crippen molar-refractivity contribution in [2.45, 2.75) is 19.3 Å². The lowest BCUT2D eigenvalue weighted by molar-refractivity contribution is -0.144. The highest BCUT2D eigenvalue weighted by atomic mass is 16.5. The zero-order valence-electron chi connectivity index (χ0n) is 9.03. The summed E-state index contributed by atoms with van der Waals surface area (Å²) in [4.78, 5) is 23.0. The standard InChI is InChI=1S/C12H13NO3/c1-2-16-11(14)7-9-8-5-3-4-6-10(8)13-12(9)15/h3-6,9H,2,7H2,1H3,(H,13,15)/t9-/m0/s1. The zero-order chi connectivity index (χ0) is 11.5. The molecule has 84 valence electrons. The quantitative estimate of drug-likeness (QED) is 0.787. The van der Waals surface area contributed by atoms with Crippen LogP contribution in [-0.4, -0.2) is 18.5 Å². The first-order valence-electron chi connectivity index (χ1n) is 5.27. The predicted octanol–water partition coefficient (Wildman–Crippen LogP) is 1.68. The molecule has 1 heterocycles. The van der Waals surface area contributed by atoms with Crippen molar-refractivity contribution in [2.75, 3.05) is 11.9 Å². The molecule has 0 aliphatic carbocycles. The molecule has 0 bridgehead atoms. The van der Waals surface area contributed by atoms with Gasteiger partial charge >= 0.3 is 5.97 Å². The average molecular weight is 219 g/mol. The molecule has 1 amide bonds. The van der Waals surface area contributed by atoms with Gasteiger partial charge < -0.3 is 10.1 Å². The number of hydrogen-bond acceptors (Lipinski definition) is 3.